The second-order valence-corrected chi connectivity index (χ2v) is 8.94. The first-order valence-electron chi connectivity index (χ1n) is 11.2. The summed E-state index contributed by atoms with van der Waals surface area (Å²) in [5.74, 6) is -2.50. The number of methoxy groups -OCH3 is 1. The standard InChI is InChI=1S/C27H22Cl2N2O6/c1-3-37-27(35)17-6-4-15(5-7-17)14-31-22(16-8-10-30-11-9-16)21(24(33)26(31)34)23(32)19-12-18(28)13-20(29)25(19)36-2/h4-13,22,32H,3,14H2,1-2H3/b23-21+. The van der Waals surface area contributed by atoms with Gasteiger partial charge < -0.3 is 19.5 Å². The van der Waals surface area contributed by atoms with E-state index >= 15 is 0 Å². The van der Waals surface area contributed by atoms with Crippen LogP contribution in [0, 0.1) is 0 Å². The minimum absolute atomic E-state index is 0.0326. The van der Waals surface area contributed by atoms with Crippen molar-refractivity contribution in [3.05, 3.63) is 98.8 Å². The van der Waals surface area contributed by atoms with Crippen LogP contribution in [0.2, 0.25) is 10.0 Å². The number of carbonyl (C=O) groups is 3. The Bertz CT molecular complexity index is 1390. The average molecular weight is 541 g/mol. The molecule has 1 aromatic heterocycles. The van der Waals surface area contributed by atoms with Crippen LogP contribution < -0.4 is 4.74 Å². The minimum atomic E-state index is -0.935. The van der Waals surface area contributed by atoms with Gasteiger partial charge in [0.05, 0.1) is 41.5 Å². The first-order valence-corrected chi connectivity index (χ1v) is 12.0. The molecule has 0 bridgehead atoms. The van der Waals surface area contributed by atoms with Crippen LogP contribution in [0.25, 0.3) is 5.76 Å². The van der Waals surface area contributed by atoms with Gasteiger partial charge in [0.15, 0.2) is 0 Å². The third-order valence-corrected chi connectivity index (χ3v) is 6.35. The van der Waals surface area contributed by atoms with Crippen molar-refractivity contribution in [2.45, 2.75) is 19.5 Å². The molecule has 1 N–H and O–H groups in total. The SMILES string of the molecule is CCOC(=O)c1ccc(CN2C(=O)C(=O)/C(=C(/O)c3cc(Cl)cc(Cl)c3OC)C2c2ccncc2)cc1. The highest BCUT2D eigenvalue weighted by Gasteiger charge is 2.46. The normalized spacial score (nSPS) is 16.6. The van der Waals surface area contributed by atoms with Gasteiger partial charge >= 0.3 is 5.97 Å². The van der Waals surface area contributed by atoms with E-state index in [9.17, 15) is 19.5 Å². The molecular weight excluding hydrogens is 519 g/mol. The van der Waals surface area contributed by atoms with Crippen molar-refractivity contribution in [3.8, 4) is 5.75 Å². The van der Waals surface area contributed by atoms with E-state index in [-0.39, 0.29) is 40.1 Å². The van der Waals surface area contributed by atoms with E-state index in [0.29, 0.717) is 16.7 Å². The number of likely N-dealkylation sites (tertiary alicyclic amines) is 1. The number of hydrogen-bond acceptors (Lipinski definition) is 7. The third-order valence-electron chi connectivity index (χ3n) is 5.85. The highest BCUT2D eigenvalue weighted by atomic mass is 35.5. The minimum Gasteiger partial charge on any atom is -0.507 e. The number of amides is 1. The monoisotopic (exact) mass is 540 g/mol. The Balaban J connectivity index is 1.81. The molecule has 3 aromatic rings. The zero-order valence-corrected chi connectivity index (χ0v) is 21.4. The highest BCUT2D eigenvalue weighted by molar-refractivity contribution is 6.46. The number of benzene rings is 2. The molecule has 0 aliphatic carbocycles. The van der Waals surface area contributed by atoms with Crippen molar-refractivity contribution >= 4 is 46.6 Å². The Kier molecular flexibility index (Phi) is 7.80. The van der Waals surface area contributed by atoms with Gasteiger partial charge in [-0.25, -0.2) is 4.79 Å². The summed E-state index contributed by atoms with van der Waals surface area (Å²) in [5.41, 5.74) is 1.53. The van der Waals surface area contributed by atoms with Gasteiger partial charge in [-0.05, 0) is 54.4 Å². The van der Waals surface area contributed by atoms with Crippen LogP contribution in [0.1, 0.15) is 40.0 Å². The van der Waals surface area contributed by atoms with Gasteiger partial charge in [-0.3, -0.25) is 14.6 Å². The van der Waals surface area contributed by atoms with Gasteiger partial charge in [0.25, 0.3) is 11.7 Å². The number of ketones is 1. The first-order chi connectivity index (χ1) is 17.8. The fourth-order valence-electron chi connectivity index (χ4n) is 4.18. The number of aliphatic hydroxyl groups is 1. The Labute approximate surface area is 223 Å². The van der Waals surface area contributed by atoms with Crippen LogP contribution in [0.4, 0.5) is 0 Å². The van der Waals surface area contributed by atoms with Gasteiger partial charge in [-0.2, -0.15) is 0 Å². The van der Waals surface area contributed by atoms with E-state index in [1.54, 1.807) is 43.3 Å². The lowest BCUT2D eigenvalue weighted by molar-refractivity contribution is -0.140. The van der Waals surface area contributed by atoms with Crippen LogP contribution in [-0.4, -0.2) is 46.4 Å². The molecule has 1 unspecified atom stereocenters. The number of carbonyl (C=O) groups excluding carboxylic acids is 3. The van der Waals surface area contributed by atoms with E-state index in [1.165, 1.54) is 36.5 Å². The zero-order valence-electron chi connectivity index (χ0n) is 19.9. The molecule has 1 fully saturated rings. The number of rotatable bonds is 7. The molecule has 1 aliphatic heterocycles. The summed E-state index contributed by atoms with van der Waals surface area (Å²) in [6, 6.07) is 11.8. The summed E-state index contributed by atoms with van der Waals surface area (Å²) in [6.45, 7) is 2.00. The number of hydrogen-bond donors (Lipinski definition) is 1. The molecule has 1 saturated heterocycles. The molecule has 1 aliphatic rings. The molecule has 1 amide bonds. The molecule has 37 heavy (non-hydrogen) atoms. The lowest BCUT2D eigenvalue weighted by atomic mass is 9.95. The summed E-state index contributed by atoms with van der Waals surface area (Å²) >= 11 is 12.4. The number of aromatic nitrogens is 1. The number of esters is 1. The van der Waals surface area contributed by atoms with Crippen LogP contribution in [-0.2, 0) is 20.9 Å². The average Bonchev–Trinajstić information content (AvgIpc) is 3.14. The topological polar surface area (TPSA) is 106 Å². The summed E-state index contributed by atoms with van der Waals surface area (Å²) < 4.78 is 10.4. The van der Waals surface area contributed by atoms with Crippen molar-refractivity contribution in [3.63, 3.8) is 0 Å². The predicted octanol–water partition coefficient (Wildman–Crippen LogP) is 5.20. The summed E-state index contributed by atoms with van der Waals surface area (Å²) in [6.07, 6.45) is 3.06. The molecule has 2 heterocycles. The second-order valence-electron chi connectivity index (χ2n) is 8.09. The lowest BCUT2D eigenvalue weighted by Crippen LogP contribution is -2.29. The van der Waals surface area contributed by atoms with Crippen molar-refractivity contribution < 1.29 is 29.0 Å². The Hall–Kier alpha value is -3.88. The number of pyridine rings is 1. The molecular formula is C27H22Cl2N2O6. The van der Waals surface area contributed by atoms with Crippen LogP contribution in [0.15, 0.2) is 66.5 Å². The van der Waals surface area contributed by atoms with Crippen molar-refractivity contribution in [1.82, 2.24) is 9.88 Å². The Morgan fingerprint density at radius 3 is 2.38 bits per heavy atom. The highest BCUT2D eigenvalue weighted by Crippen LogP contribution is 2.43. The predicted molar refractivity (Wildman–Crippen MR) is 137 cm³/mol. The van der Waals surface area contributed by atoms with Crippen molar-refractivity contribution in [2.24, 2.45) is 0 Å². The van der Waals surface area contributed by atoms with E-state index < -0.39 is 29.5 Å². The van der Waals surface area contributed by atoms with E-state index in [2.05, 4.69) is 4.98 Å². The van der Waals surface area contributed by atoms with Crippen molar-refractivity contribution in [1.29, 1.82) is 0 Å². The van der Waals surface area contributed by atoms with Gasteiger partial charge in [0.1, 0.15) is 11.5 Å². The van der Waals surface area contributed by atoms with E-state index in [4.69, 9.17) is 32.7 Å². The maximum atomic E-state index is 13.3. The molecule has 0 saturated carbocycles. The molecule has 2 aromatic carbocycles. The number of halogens is 2. The first kappa shape index (κ1) is 26.2. The summed E-state index contributed by atoms with van der Waals surface area (Å²) in [5, 5.41) is 11.7. The van der Waals surface area contributed by atoms with Gasteiger partial charge in [-0.1, -0.05) is 35.3 Å². The Morgan fingerprint density at radius 1 is 1.08 bits per heavy atom. The fraction of sp³-hybridized carbons (Fsp3) is 0.185. The molecule has 10 heteroatoms. The zero-order chi connectivity index (χ0) is 26.7. The van der Waals surface area contributed by atoms with Crippen LogP contribution in [0.5, 0.6) is 5.75 Å². The fourth-order valence-corrected chi connectivity index (χ4v) is 4.75. The molecule has 0 radical (unpaired) electrons. The summed E-state index contributed by atoms with van der Waals surface area (Å²) in [7, 11) is 1.37. The molecule has 1 atom stereocenters. The van der Waals surface area contributed by atoms with E-state index in [0.717, 1.165) is 0 Å². The van der Waals surface area contributed by atoms with E-state index in [1.807, 2.05) is 0 Å². The molecule has 4 rings (SSSR count). The molecule has 8 nitrogen and oxygen atoms in total. The van der Waals surface area contributed by atoms with Gasteiger partial charge in [-0.15, -0.1) is 0 Å². The maximum Gasteiger partial charge on any atom is 0.338 e. The molecule has 0 spiro atoms. The van der Waals surface area contributed by atoms with Crippen molar-refractivity contribution in [2.75, 3.05) is 13.7 Å². The van der Waals surface area contributed by atoms with Crippen LogP contribution >= 0.6 is 23.2 Å². The molecule has 190 valence electrons. The quantitative estimate of drug-likeness (QED) is 0.190. The smallest absolute Gasteiger partial charge is 0.338 e. The second kappa shape index (κ2) is 11.0. The summed E-state index contributed by atoms with van der Waals surface area (Å²) in [4.78, 5) is 43.9. The number of ether oxygens (including phenoxy) is 2. The Morgan fingerprint density at radius 2 is 1.76 bits per heavy atom. The third kappa shape index (κ3) is 5.16. The lowest BCUT2D eigenvalue weighted by Gasteiger charge is -2.25. The van der Waals surface area contributed by atoms with Gasteiger partial charge in [0, 0.05) is 24.0 Å². The maximum absolute atomic E-state index is 13.3. The van der Waals surface area contributed by atoms with Crippen LogP contribution in [0.3, 0.4) is 0 Å². The number of aliphatic hydroxyl groups excluding tert-OH is 1. The van der Waals surface area contributed by atoms with Gasteiger partial charge in [0.2, 0.25) is 0 Å². The largest absolute Gasteiger partial charge is 0.507 e. The number of Topliss-reactive ketones (excluding diaryl/α,β-unsaturated/α-hetero) is 1. The number of nitrogens with zero attached hydrogens (tertiary/aromatic N) is 2.